The minimum absolute atomic E-state index is 0.509. The summed E-state index contributed by atoms with van der Waals surface area (Å²) in [6.45, 7) is 2.47. The predicted octanol–water partition coefficient (Wildman–Crippen LogP) is 3.72. The van der Waals surface area contributed by atoms with Gasteiger partial charge in [-0.2, -0.15) is 0 Å². The fraction of sp³-hybridized carbons (Fsp3) is 0.500. The van der Waals surface area contributed by atoms with Crippen LogP contribution >= 0.6 is 18.0 Å². The molecular formula is C12H20NO2PS. The molecule has 3 nitrogen and oxygen atoms in total. The highest BCUT2D eigenvalue weighted by atomic mass is 32.7. The lowest BCUT2D eigenvalue weighted by Crippen LogP contribution is -2.19. The van der Waals surface area contributed by atoms with Crippen LogP contribution in [0.4, 0.5) is 5.69 Å². The molecule has 1 aromatic rings. The fourth-order valence-electron chi connectivity index (χ4n) is 1.43. The van der Waals surface area contributed by atoms with Crippen molar-refractivity contribution in [2.24, 2.45) is 0 Å². The molecule has 5 heteroatoms. The van der Waals surface area contributed by atoms with Crippen molar-refractivity contribution in [1.29, 1.82) is 0 Å². The molecule has 0 spiro atoms. The van der Waals surface area contributed by atoms with Crippen LogP contribution < -0.4 is 4.90 Å². The maximum absolute atomic E-state index is 11.9. The normalized spacial score (nSPS) is 14.3. The SMILES string of the molecule is CCOP(C)(=O)SCCN(C)c1ccccc1. The van der Waals surface area contributed by atoms with Crippen molar-refractivity contribution in [2.45, 2.75) is 6.92 Å². The summed E-state index contributed by atoms with van der Waals surface area (Å²) in [6, 6.07) is 10.2. The summed E-state index contributed by atoms with van der Waals surface area (Å²) in [5.41, 5.74) is 1.18. The summed E-state index contributed by atoms with van der Waals surface area (Å²) < 4.78 is 17.1. The lowest BCUT2D eigenvalue weighted by Gasteiger charge is -2.20. The lowest BCUT2D eigenvalue weighted by molar-refractivity contribution is 0.350. The van der Waals surface area contributed by atoms with E-state index in [1.807, 2.05) is 32.2 Å². The Balaban J connectivity index is 2.35. The molecule has 0 saturated carbocycles. The molecule has 0 saturated heterocycles. The molecule has 0 N–H and O–H groups in total. The maximum Gasteiger partial charge on any atom is 0.254 e. The average molecular weight is 273 g/mol. The second-order valence-electron chi connectivity index (χ2n) is 3.78. The van der Waals surface area contributed by atoms with Crippen LogP contribution in [0.5, 0.6) is 0 Å². The van der Waals surface area contributed by atoms with Gasteiger partial charge in [-0.1, -0.05) is 29.6 Å². The summed E-state index contributed by atoms with van der Waals surface area (Å²) in [5.74, 6) is 0.805. The zero-order chi connectivity index (χ0) is 12.7. The topological polar surface area (TPSA) is 29.5 Å². The van der Waals surface area contributed by atoms with Crippen molar-refractivity contribution in [3.8, 4) is 0 Å². The van der Waals surface area contributed by atoms with Gasteiger partial charge < -0.3 is 9.42 Å². The standard InChI is InChI=1S/C12H20NO2PS/c1-4-15-16(3,14)17-11-10-13(2)12-8-6-5-7-9-12/h5-9H,4,10-11H2,1-3H3. The molecule has 0 aromatic heterocycles. The molecule has 0 amide bonds. The van der Waals surface area contributed by atoms with Gasteiger partial charge in [-0.25, -0.2) is 0 Å². The Morgan fingerprint density at radius 3 is 2.59 bits per heavy atom. The highest BCUT2D eigenvalue weighted by Crippen LogP contribution is 2.55. The summed E-state index contributed by atoms with van der Waals surface area (Å²) >= 11 is 1.42. The molecule has 1 rings (SSSR count). The molecule has 1 unspecified atom stereocenters. The zero-order valence-corrected chi connectivity index (χ0v) is 12.3. The average Bonchev–Trinajstić information content (AvgIpc) is 2.29. The maximum atomic E-state index is 11.9. The summed E-state index contributed by atoms with van der Waals surface area (Å²) in [7, 11) is 2.04. The molecule has 0 bridgehead atoms. The Hall–Kier alpha value is -0.440. The van der Waals surface area contributed by atoms with Crippen LogP contribution in [0, 0.1) is 0 Å². The zero-order valence-electron chi connectivity index (χ0n) is 10.6. The number of para-hydroxylation sites is 1. The van der Waals surface area contributed by atoms with Gasteiger partial charge in [-0.15, -0.1) is 0 Å². The van der Waals surface area contributed by atoms with Crippen LogP contribution in [-0.2, 0) is 9.09 Å². The van der Waals surface area contributed by atoms with Gasteiger partial charge in [0.1, 0.15) is 0 Å². The number of benzene rings is 1. The van der Waals surface area contributed by atoms with Crippen LogP contribution in [-0.4, -0.2) is 32.6 Å². The van der Waals surface area contributed by atoms with E-state index < -0.39 is 6.57 Å². The van der Waals surface area contributed by atoms with Gasteiger partial charge in [-0.05, 0) is 19.1 Å². The number of anilines is 1. The third kappa shape index (κ3) is 5.62. The van der Waals surface area contributed by atoms with Crippen LogP contribution in [0.2, 0.25) is 0 Å². The first-order valence-corrected chi connectivity index (χ1v) is 9.34. The first kappa shape index (κ1) is 14.6. The van der Waals surface area contributed by atoms with Crippen molar-refractivity contribution in [3.63, 3.8) is 0 Å². The van der Waals surface area contributed by atoms with Crippen LogP contribution in [0.1, 0.15) is 6.92 Å². The monoisotopic (exact) mass is 273 g/mol. The Bertz CT molecular complexity index is 372. The van der Waals surface area contributed by atoms with Gasteiger partial charge in [0.05, 0.1) is 6.61 Å². The molecule has 1 aromatic carbocycles. The van der Waals surface area contributed by atoms with Crippen LogP contribution in [0.25, 0.3) is 0 Å². The smallest absolute Gasteiger partial charge is 0.254 e. The van der Waals surface area contributed by atoms with Gasteiger partial charge in [-0.3, -0.25) is 4.57 Å². The van der Waals surface area contributed by atoms with E-state index in [-0.39, 0.29) is 0 Å². The van der Waals surface area contributed by atoms with Gasteiger partial charge in [0.2, 0.25) is 0 Å². The lowest BCUT2D eigenvalue weighted by atomic mass is 10.3. The quantitative estimate of drug-likeness (QED) is 0.708. The van der Waals surface area contributed by atoms with Gasteiger partial charge in [0.15, 0.2) is 0 Å². The summed E-state index contributed by atoms with van der Waals surface area (Å²) in [6.07, 6.45) is 0. The molecule has 0 heterocycles. The first-order valence-electron chi connectivity index (χ1n) is 5.68. The molecule has 0 aliphatic rings. The Morgan fingerprint density at radius 2 is 2.00 bits per heavy atom. The molecular weight excluding hydrogens is 253 g/mol. The molecule has 0 aliphatic heterocycles. The molecule has 0 aliphatic carbocycles. The third-order valence-corrected chi connectivity index (χ3v) is 6.15. The second-order valence-corrected chi connectivity index (χ2v) is 9.01. The van der Waals surface area contributed by atoms with E-state index in [1.54, 1.807) is 6.66 Å². The minimum Gasteiger partial charge on any atom is -0.374 e. The largest absolute Gasteiger partial charge is 0.374 e. The van der Waals surface area contributed by atoms with Crippen molar-refractivity contribution in [2.75, 3.05) is 37.5 Å². The number of nitrogens with zero attached hydrogens (tertiary/aromatic N) is 1. The van der Waals surface area contributed by atoms with Crippen molar-refractivity contribution >= 4 is 23.6 Å². The van der Waals surface area contributed by atoms with E-state index in [0.29, 0.717) is 6.61 Å². The number of hydrogen-bond donors (Lipinski definition) is 0. The van der Waals surface area contributed by atoms with Crippen LogP contribution in [0.15, 0.2) is 30.3 Å². The van der Waals surface area contributed by atoms with E-state index in [4.69, 9.17) is 4.52 Å². The first-order chi connectivity index (χ1) is 8.05. The summed E-state index contributed by atoms with van der Waals surface area (Å²) in [5, 5.41) is 0. The molecule has 96 valence electrons. The molecule has 0 fully saturated rings. The Kier molecular flexibility index (Phi) is 6.10. The highest BCUT2D eigenvalue weighted by molar-refractivity contribution is 8.56. The second kappa shape index (κ2) is 7.10. The van der Waals surface area contributed by atoms with E-state index in [9.17, 15) is 4.57 Å². The van der Waals surface area contributed by atoms with Crippen molar-refractivity contribution in [1.82, 2.24) is 0 Å². The molecule has 0 radical (unpaired) electrons. The molecule has 17 heavy (non-hydrogen) atoms. The Morgan fingerprint density at radius 1 is 1.35 bits per heavy atom. The third-order valence-electron chi connectivity index (χ3n) is 2.31. The highest BCUT2D eigenvalue weighted by Gasteiger charge is 2.15. The van der Waals surface area contributed by atoms with Gasteiger partial charge in [0.25, 0.3) is 6.57 Å². The van der Waals surface area contributed by atoms with E-state index >= 15 is 0 Å². The van der Waals surface area contributed by atoms with E-state index in [0.717, 1.165) is 12.3 Å². The molecule has 1 atom stereocenters. The van der Waals surface area contributed by atoms with Crippen LogP contribution in [0.3, 0.4) is 0 Å². The fourth-order valence-corrected chi connectivity index (χ4v) is 4.44. The Labute approximate surface area is 108 Å². The predicted molar refractivity (Wildman–Crippen MR) is 77.3 cm³/mol. The summed E-state index contributed by atoms with van der Waals surface area (Å²) in [4.78, 5) is 2.15. The van der Waals surface area contributed by atoms with E-state index in [2.05, 4.69) is 17.0 Å². The number of rotatable bonds is 7. The van der Waals surface area contributed by atoms with Gasteiger partial charge >= 0.3 is 0 Å². The van der Waals surface area contributed by atoms with E-state index in [1.165, 1.54) is 17.1 Å². The minimum atomic E-state index is -2.45. The number of hydrogen-bond acceptors (Lipinski definition) is 4. The van der Waals surface area contributed by atoms with Crippen molar-refractivity contribution in [3.05, 3.63) is 30.3 Å². The van der Waals surface area contributed by atoms with Crippen molar-refractivity contribution < 1.29 is 9.09 Å². The van der Waals surface area contributed by atoms with Gasteiger partial charge in [0, 0.05) is 31.7 Å².